The van der Waals surface area contributed by atoms with Gasteiger partial charge in [0.15, 0.2) is 0 Å². The van der Waals surface area contributed by atoms with Gasteiger partial charge in [-0.1, -0.05) is 41.4 Å². The van der Waals surface area contributed by atoms with E-state index in [9.17, 15) is 4.79 Å². The van der Waals surface area contributed by atoms with Crippen molar-refractivity contribution >= 4 is 29.2 Å². The van der Waals surface area contributed by atoms with Crippen molar-refractivity contribution in [2.45, 2.75) is 33.0 Å². The highest BCUT2D eigenvalue weighted by molar-refractivity contribution is 6.42. The minimum atomic E-state index is -0.330. The Kier molecular flexibility index (Phi) is 8.23. The van der Waals surface area contributed by atoms with E-state index < -0.39 is 0 Å². The Labute approximate surface area is 164 Å². The number of hydrogen-bond acceptors (Lipinski definition) is 4. The van der Waals surface area contributed by atoms with Crippen LogP contribution in [0.25, 0.3) is 0 Å². The van der Waals surface area contributed by atoms with Gasteiger partial charge in [0, 0.05) is 6.61 Å². The van der Waals surface area contributed by atoms with Crippen molar-refractivity contribution in [1.82, 2.24) is 0 Å². The van der Waals surface area contributed by atoms with Crippen LogP contribution in [0.1, 0.15) is 37.5 Å². The molecule has 4 nitrogen and oxygen atoms in total. The summed E-state index contributed by atoms with van der Waals surface area (Å²) in [6, 6.07) is 12.9. The third kappa shape index (κ3) is 6.20. The smallest absolute Gasteiger partial charge is 0.308 e. The summed E-state index contributed by atoms with van der Waals surface area (Å²) in [5.74, 6) is 0.442. The van der Waals surface area contributed by atoms with Crippen LogP contribution in [0.15, 0.2) is 42.5 Å². The minimum Gasteiger partial charge on any atom is -0.489 e. The summed E-state index contributed by atoms with van der Waals surface area (Å²) in [7, 11) is 0. The summed E-state index contributed by atoms with van der Waals surface area (Å²) >= 11 is 11.9. The van der Waals surface area contributed by atoms with Crippen LogP contribution in [0.3, 0.4) is 0 Å². The standard InChI is InChI=1S/C20H22Cl2O4/c1-3-24-19(12-20(23)25-4-2)15-6-8-16(9-7-15)26-13-14-5-10-17(21)18(22)11-14/h5-11,19H,3-4,12-13H2,1-2H3. The summed E-state index contributed by atoms with van der Waals surface area (Å²) in [6.07, 6.45) is -0.145. The first-order chi connectivity index (χ1) is 12.5. The molecule has 0 fully saturated rings. The third-order valence-electron chi connectivity index (χ3n) is 3.67. The second-order valence-corrected chi connectivity index (χ2v) is 6.37. The lowest BCUT2D eigenvalue weighted by molar-refractivity contribution is -0.146. The normalized spacial score (nSPS) is 11.8. The molecular weight excluding hydrogens is 375 g/mol. The van der Waals surface area contributed by atoms with E-state index in [1.165, 1.54) is 0 Å². The molecule has 1 unspecified atom stereocenters. The fraction of sp³-hybridized carbons (Fsp3) is 0.350. The number of ether oxygens (including phenoxy) is 3. The van der Waals surface area contributed by atoms with E-state index in [2.05, 4.69) is 0 Å². The lowest BCUT2D eigenvalue weighted by Crippen LogP contribution is -2.13. The van der Waals surface area contributed by atoms with Crippen LogP contribution in [-0.2, 0) is 20.9 Å². The molecule has 0 aromatic heterocycles. The first kappa shape index (κ1) is 20.6. The van der Waals surface area contributed by atoms with E-state index in [4.69, 9.17) is 37.4 Å². The van der Waals surface area contributed by atoms with Gasteiger partial charge in [-0.25, -0.2) is 0 Å². The molecule has 140 valence electrons. The van der Waals surface area contributed by atoms with Gasteiger partial charge in [-0.3, -0.25) is 4.79 Å². The van der Waals surface area contributed by atoms with Crippen LogP contribution >= 0.6 is 23.2 Å². The zero-order valence-electron chi connectivity index (χ0n) is 14.8. The molecule has 2 aromatic rings. The number of benzene rings is 2. The van der Waals surface area contributed by atoms with Gasteiger partial charge >= 0.3 is 5.97 Å². The maximum absolute atomic E-state index is 11.7. The van der Waals surface area contributed by atoms with Crippen molar-refractivity contribution in [3.8, 4) is 5.75 Å². The Morgan fingerprint density at radius 1 is 1.00 bits per heavy atom. The van der Waals surface area contributed by atoms with Crippen molar-refractivity contribution in [3.63, 3.8) is 0 Å². The molecule has 1 atom stereocenters. The maximum atomic E-state index is 11.7. The Morgan fingerprint density at radius 3 is 2.35 bits per heavy atom. The first-order valence-electron chi connectivity index (χ1n) is 8.47. The van der Waals surface area contributed by atoms with Crippen LogP contribution in [0.2, 0.25) is 10.0 Å². The van der Waals surface area contributed by atoms with E-state index >= 15 is 0 Å². The molecule has 0 aliphatic carbocycles. The Morgan fingerprint density at radius 2 is 1.73 bits per heavy atom. The molecule has 0 aliphatic rings. The average Bonchev–Trinajstić information content (AvgIpc) is 2.63. The molecule has 26 heavy (non-hydrogen) atoms. The number of halogens is 2. The van der Waals surface area contributed by atoms with E-state index in [1.807, 2.05) is 37.3 Å². The van der Waals surface area contributed by atoms with Crippen molar-refractivity contribution < 1.29 is 19.0 Å². The number of esters is 1. The van der Waals surface area contributed by atoms with Gasteiger partial charge in [-0.05, 0) is 49.2 Å². The Balaban J connectivity index is 1.98. The molecule has 0 amide bonds. The van der Waals surface area contributed by atoms with Crippen LogP contribution in [-0.4, -0.2) is 19.2 Å². The van der Waals surface area contributed by atoms with Gasteiger partial charge in [0.05, 0.1) is 29.2 Å². The van der Waals surface area contributed by atoms with Crippen molar-refractivity contribution in [2.24, 2.45) is 0 Å². The van der Waals surface area contributed by atoms with Crippen LogP contribution in [0.4, 0.5) is 0 Å². The molecule has 0 radical (unpaired) electrons. The van der Waals surface area contributed by atoms with Gasteiger partial charge in [0.1, 0.15) is 12.4 Å². The molecule has 0 bridgehead atoms. The molecule has 0 aliphatic heterocycles. The zero-order chi connectivity index (χ0) is 18.9. The largest absolute Gasteiger partial charge is 0.489 e. The quantitative estimate of drug-likeness (QED) is 0.517. The van der Waals surface area contributed by atoms with Crippen molar-refractivity contribution in [2.75, 3.05) is 13.2 Å². The molecule has 0 saturated heterocycles. The van der Waals surface area contributed by atoms with Gasteiger partial charge in [0.2, 0.25) is 0 Å². The molecule has 2 rings (SSSR count). The second-order valence-electron chi connectivity index (χ2n) is 5.56. The summed E-state index contributed by atoms with van der Waals surface area (Å²) < 4.78 is 16.4. The fourth-order valence-corrected chi connectivity index (χ4v) is 2.74. The summed E-state index contributed by atoms with van der Waals surface area (Å²) in [4.78, 5) is 11.7. The van der Waals surface area contributed by atoms with E-state index in [0.717, 1.165) is 11.1 Å². The van der Waals surface area contributed by atoms with E-state index in [-0.39, 0.29) is 18.5 Å². The van der Waals surface area contributed by atoms with Crippen molar-refractivity contribution in [1.29, 1.82) is 0 Å². The monoisotopic (exact) mass is 396 g/mol. The van der Waals surface area contributed by atoms with Gasteiger partial charge in [0.25, 0.3) is 0 Å². The van der Waals surface area contributed by atoms with Crippen LogP contribution in [0, 0.1) is 0 Å². The highest BCUT2D eigenvalue weighted by Gasteiger charge is 2.17. The zero-order valence-corrected chi connectivity index (χ0v) is 16.3. The first-order valence-corrected chi connectivity index (χ1v) is 9.23. The molecule has 0 spiro atoms. The van der Waals surface area contributed by atoms with Crippen molar-refractivity contribution in [3.05, 3.63) is 63.6 Å². The molecule has 0 saturated carbocycles. The fourth-order valence-electron chi connectivity index (χ4n) is 2.42. The van der Waals surface area contributed by atoms with E-state index in [0.29, 0.717) is 35.6 Å². The topological polar surface area (TPSA) is 44.8 Å². The lowest BCUT2D eigenvalue weighted by Gasteiger charge is -2.17. The van der Waals surface area contributed by atoms with Gasteiger partial charge < -0.3 is 14.2 Å². The Hall–Kier alpha value is -1.75. The summed E-state index contributed by atoms with van der Waals surface area (Å²) in [5, 5.41) is 1.02. The molecule has 2 aromatic carbocycles. The predicted molar refractivity (Wildman–Crippen MR) is 103 cm³/mol. The summed E-state index contributed by atoms with van der Waals surface area (Å²) in [5.41, 5.74) is 1.83. The maximum Gasteiger partial charge on any atom is 0.308 e. The number of carbonyl (C=O) groups excluding carboxylic acids is 1. The van der Waals surface area contributed by atoms with Crippen LogP contribution < -0.4 is 4.74 Å². The van der Waals surface area contributed by atoms with Gasteiger partial charge in [-0.2, -0.15) is 0 Å². The number of hydrogen-bond donors (Lipinski definition) is 0. The lowest BCUT2D eigenvalue weighted by atomic mass is 10.1. The Bertz CT molecular complexity index is 716. The molecule has 0 heterocycles. The second kappa shape index (κ2) is 10.4. The van der Waals surface area contributed by atoms with Crippen LogP contribution in [0.5, 0.6) is 5.75 Å². The number of rotatable bonds is 9. The molecule has 0 N–H and O–H groups in total. The SMILES string of the molecule is CCOC(=O)CC(OCC)c1ccc(OCc2ccc(Cl)c(Cl)c2)cc1. The predicted octanol–water partition coefficient (Wildman–Crippen LogP) is 5.60. The highest BCUT2D eigenvalue weighted by atomic mass is 35.5. The molecule has 6 heteroatoms. The third-order valence-corrected chi connectivity index (χ3v) is 4.41. The summed E-state index contributed by atoms with van der Waals surface area (Å²) in [6.45, 7) is 4.94. The molecular formula is C20H22Cl2O4. The van der Waals surface area contributed by atoms with Gasteiger partial charge in [-0.15, -0.1) is 0 Å². The number of carbonyl (C=O) groups is 1. The highest BCUT2D eigenvalue weighted by Crippen LogP contribution is 2.26. The minimum absolute atomic E-state index is 0.186. The van der Waals surface area contributed by atoms with E-state index in [1.54, 1.807) is 19.1 Å². The average molecular weight is 397 g/mol.